The van der Waals surface area contributed by atoms with Crippen LogP contribution in [0, 0.1) is 6.92 Å². The molecule has 120 valence electrons. The highest BCUT2D eigenvalue weighted by Crippen LogP contribution is 2.25. The number of hydrogen-bond acceptors (Lipinski definition) is 4. The number of ether oxygens (including phenoxy) is 1. The number of hydrogen-bond donors (Lipinski definition) is 1. The topological polar surface area (TPSA) is 54.5 Å². The van der Waals surface area contributed by atoms with E-state index in [0.29, 0.717) is 37.0 Å². The van der Waals surface area contributed by atoms with Gasteiger partial charge in [0.05, 0.1) is 25.1 Å². The van der Waals surface area contributed by atoms with E-state index < -0.39 is 0 Å². The number of carbonyl (C=O) groups is 1. The zero-order valence-electron chi connectivity index (χ0n) is 12.9. The van der Waals surface area contributed by atoms with E-state index in [9.17, 15) is 4.79 Å². The maximum Gasteiger partial charge on any atom is 0.272 e. The van der Waals surface area contributed by atoms with Crippen LogP contribution in [0.5, 0.6) is 0 Å². The lowest BCUT2D eigenvalue weighted by Gasteiger charge is -2.26. The van der Waals surface area contributed by atoms with Crippen LogP contribution in [0.1, 0.15) is 16.1 Å². The number of amides is 1. The molecule has 23 heavy (non-hydrogen) atoms. The van der Waals surface area contributed by atoms with Gasteiger partial charge in [-0.3, -0.25) is 4.79 Å². The standard InChI is InChI=1S/C17H18ClN3O2/c1-12-14(18)3-2-4-15(12)20-13-5-6-16(19-11-13)17(22)21-7-9-23-10-8-21/h2-6,11,20H,7-10H2,1H3. The van der Waals surface area contributed by atoms with Gasteiger partial charge in [-0.2, -0.15) is 0 Å². The van der Waals surface area contributed by atoms with Crippen molar-refractivity contribution in [2.24, 2.45) is 0 Å². The third-order valence-corrected chi connectivity index (χ3v) is 4.24. The van der Waals surface area contributed by atoms with Crippen LogP contribution in [-0.2, 0) is 4.74 Å². The Morgan fingerprint density at radius 2 is 2.04 bits per heavy atom. The molecule has 1 aromatic carbocycles. The molecule has 1 aliphatic heterocycles. The van der Waals surface area contributed by atoms with Gasteiger partial charge in [0.25, 0.3) is 5.91 Å². The maximum atomic E-state index is 12.3. The molecule has 5 nitrogen and oxygen atoms in total. The van der Waals surface area contributed by atoms with Crippen molar-refractivity contribution in [2.45, 2.75) is 6.92 Å². The first-order valence-electron chi connectivity index (χ1n) is 7.50. The van der Waals surface area contributed by atoms with Gasteiger partial charge in [-0.1, -0.05) is 17.7 Å². The van der Waals surface area contributed by atoms with Crippen molar-refractivity contribution in [3.63, 3.8) is 0 Å². The Hall–Kier alpha value is -2.11. The van der Waals surface area contributed by atoms with E-state index in [1.807, 2.05) is 31.2 Å². The minimum Gasteiger partial charge on any atom is -0.378 e. The number of anilines is 2. The number of carbonyl (C=O) groups excluding carboxylic acids is 1. The van der Waals surface area contributed by atoms with Crippen LogP contribution in [0.15, 0.2) is 36.5 Å². The van der Waals surface area contributed by atoms with Gasteiger partial charge in [0, 0.05) is 23.8 Å². The fourth-order valence-corrected chi connectivity index (χ4v) is 2.60. The van der Waals surface area contributed by atoms with Crippen LogP contribution in [0.4, 0.5) is 11.4 Å². The van der Waals surface area contributed by atoms with Gasteiger partial charge in [0.15, 0.2) is 0 Å². The molecule has 2 heterocycles. The molecule has 1 amide bonds. The summed E-state index contributed by atoms with van der Waals surface area (Å²) in [7, 11) is 0. The SMILES string of the molecule is Cc1c(Cl)cccc1Nc1ccc(C(=O)N2CCOCC2)nc1. The zero-order chi connectivity index (χ0) is 16.2. The molecule has 1 N–H and O–H groups in total. The normalized spacial score (nSPS) is 14.6. The van der Waals surface area contributed by atoms with E-state index >= 15 is 0 Å². The molecule has 0 saturated carbocycles. The number of benzene rings is 1. The van der Waals surface area contributed by atoms with E-state index in [4.69, 9.17) is 16.3 Å². The molecular formula is C17H18ClN3O2. The molecule has 1 saturated heterocycles. The summed E-state index contributed by atoms with van der Waals surface area (Å²) in [6.45, 7) is 4.34. The summed E-state index contributed by atoms with van der Waals surface area (Å²) in [5.41, 5.74) is 3.16. The van der Waals surface area contributed by atoms with Gasteiger partial charge < -0.3 is 15.0 Å². The van der Waals surface area contributed by atoms with Crippen molar-refractivity contribution < 1.29 is 9.53 Å². The highest BCUT2D eigenvalue weighted by molar-refractivity contribution is 6.31. The predicted octanol–water partition coefficient (Wildman–Crippen LogP) is 3.26. The van der Waals surface area contributed by atoms with Gasteiger partial charge in [-0.15, -0.1) is 0 Å². The molecule has 1 aliphatic rings. The quantitative estimate of drug-likeness (QED) is 0.938. The fraction of sp³-hybridized carbons (Fsp3) is 0.294. The summed E-state index contributed by atoms with van der Waals surface area (Å²) in [6.07, 6.45) is 1.66. The number of nitrogens with zero attached hydrogens (tertiary/aromatic N) is 2. The number of halogens is 1. The van der Waals surface area contributed by atoms with Crippen LogP contribution in [-0.4, -0.2) is 42.1 Å². The second-order valence-corrected chi connectivity index (χ2v) is 5.78. The smallest absolute Gasteiger partial charge is 0.272 e. The lowest BCUT2D eigenvalue weighted by Crippen LogP contribution is -2.41. The Morgan fingerprint density at radius 3 is 2.74 bits per heavy atom. The number of aromatic nitrogens is 1. The number of nitrogens with one attached hydrogen (secondary N) is 1. The molecule has 6 heteroatoms. The van der Waals surface area contributed by atoms with Gasteiger partial charge >= 0.3 is 0 Å². The second kappa shape index (κ2) is 6.98. The first kappa shape index (κ1) is 15.8. The molecule has 3 rings (SSSR count). The van der Waals surface area contributed by atoms with Gasteiger partial charge in [-0.25, -0.2) is 4.98 Å². The van der Waals surface area contributed by atoms with Gasteiger partial charge in [0.1, 0.15) is 5.69 Å². The van der Waals surface area contributed by atoms with Crippen molar-refractivity contribution in [3.8, 4) is 0 Å². The first-order valence-corrected chi connectivity index (χ1v) is 7.88. The highest BCUT2D eigenvalue weighted by Gasteiger charge is 2.19. The monoisotopic (exact) mass is 331 g/mol. The lowest BCUT2D eigenvalue weighted by molar-refractivity contribution is 0.0299. The van der Waals surface area contributed by atoms with Gasteiger partial charge in [-0.05, 0) is 36.8 Å². The Bertz CT molecular complexity index is 697. The fourth-order valence-electron chi connectivity index (χ4n) is 2.42. The van der Waals surface area contributed by atoms with Crippen LogP contribution >= 0.6 is 11.6 Å². The summed E-state index contributed by atoms with van der Waals surface area (Å²) in [5, 5.41) is 3.98. The number of morpholine rings is 1. The molecule has 0 atom stereocenters. The van der Waals surface area contributed by atoms with E-state index in [0.717, 1.165) is 16.9 Å². The maximum absolute atomic E-state index is 12.3. The molecule has 0 radical (unpaired) electrons. The van der Waals surface area contributed by atoms with Gasteiger partial charge in [0.2, 0.25) is 0 Å². The summed E-state index contributed by atoms with van der Waals surface area (Å²) in [4.78, 5) is 18.4. The van der Waals surface area contributed by atoms with Crippen LogP contribution in [0.3, 0.4) is 0 Å². The Morgan fingerprint density at radius 1 is 1.26 bits per heavy atom. The van der Waals surface area contributed by atoms with Crippen LogP contribution < -0.4 is 5.32 Å². The summed E-state index contributed by atoms with van der Waals surface area (Å²) in [5.74, 6) is -0.0567. The van der Waals surface area contributed by atoms with Crippen molar-refractivity contribution in [3.05, 3.63) is 52.8 Å². The molecule has 2 aromatic rings. The lowest BCUT2D eigenvalue weighted by atomic mass is 10.2. The molecule has 1 fully saturated rings. The molecule has 0 aliphatic carbocycles. The molecule has 0 unspecified atom stereocenters. The molecule has 1 aromatic heterocycles. The minimum atomic E-state index is -0.0567. The van der Waals surface area contributed by atoms with E-state index in [-0.39, 0.29) is 5.91 Å². The Labute approximate surface area is 140 Å². The second-order valence-electron chi connectivity index (χ2n) is 5.37. The highest BCUT2D eigenvalue weighted by atomic mass is 35.5. The van der Waals surface area contributed by atoms with Crippen molar-refractivity contribution in [2.75, 3.05) is 31.6 Å². The number of rotatable bonds is 3. The Balaban J connectivity index is 1.71. The largest absolute Gasteiger partial charge is 0.378 e. The summed E-state index contributed by atoms with van der Waals surface area (Å²) in [6, 6.07) is 9.28. The predicted molar refractivity (Wildman–Crippen MR) is 90.4 cm³/mol. The van der Waals surface area contributed by atoms with Crippen LogP contribution in [0.2, 0.25) is 5.02 Å². The average Bonchev–Trinajstić information content (AvgIpc) is 2.60. The third kappa shape index (κ3) is 3.63. The van der Waals surface area contributed by atoms with E-state index in [1.54, 1.807) is 17.2 Å². The molecule has 0 bridgehead atoms. The van der Waals surface area contributed by atoms with E-state index in [1.165, 1.54) is 0 Å². The third-order valence-electron chi connectivity index (χ3n) is 3.83. The minimum absolute atomic E-state index is 0.0567. The van der Waals surface area contributed by atoms with E-state index in [2.05, 4.69) is 10.3 Å². The molecule has 0 spiro atoms. The summed E-state index contributed by atoms with van der Waals surface area (Å²) < 4.78 is 5.26. The van der Waals surface area contributed by atoms with Crippen molar-refractivity contribution in [1.82, 2.24) is 9.88 Å². The van der Waals surface area contributed by atoms with Crippen LogP contribution in [0.25, 0.3) is 0 Å². The summed E-state index contributed by atoms with van der Waals surface area (Å²) >= 11 is 6.12. The Kier molecular flexibility index (Phi) is 4.79. The van der Waals surface area contributed by atoms with Crippen molar-refractivity contribution >= 4 is 28.9 Å². The van der Waals surface area contributed by atoms with Crippen molar-refractivity contribution in [1.29, 1.82) is 0 Å². The number of pyridine rings is 1. The first-order chi connectivity index (χ1) is 11.1. The molecular weight excluding hydrogens is 314 g/mol. The average molecular weight is 332 g/mol. The zero-order valence-corrected chi connectivity index (χ0v) is 13.6.